The highest BCUT2D eigenvalue weighted by molar-refractivity contribution is 6.35. The van der Waals surface area contributed by atoms with Gasteiger partial charge in [0.2, 0.25) is 5.22 Å². The second-order valence-electron chi connectivity index (χ2n) is 1.97. The molecule has 1 aromatic rings. The highest BCUT2D eigenvalue weighted by atomic mass is 35.5. The zero-order chi connectivity index (χ0) is 8.97. The number of halogens is 3. The first-order valence-electron chi connectivity index (χ1n) is 3.11. The van der Waals surface area contributed by atoms with Crippen LogP contribution in [0.25, 0.3) is 0 Å². The molecular formula is C8H5Cl3O. The predicted molar refractivity (Wildman–Crippen MR) is 51.9 cm³/mol. The van der Waals surface area contributed by atoms with Crippen LogP contribution in [0.4, 0.5) is 0 Å². The van der Waals surface area contributed by atoms with E-state index < -0.39 is 0 Å². The van der Waals surface area contributed by atoms with Crippen molar-refractivity contribution in [1.29, 1.82) is 0 Å². The van der Waals surface area contributed by atoms with E-state index in [4.69, 9.17) is 39.5 Å². The van der Waals surface area contributed by atoms with Gasteiger partial charge in [-0.15, -0.1) is 0 Å². The Morgan fingerprint density at radius 2 is 1.83 bits per heavy atom. The minimum Gasteiger partial charge on any atom is -0.444 e. The molecule has 4 heteroatoms. The average molecular weight is 223 g/mol. The zero-order valence-corrected chi connectivity index (χ0v) is 8.20. The molecule has 64 valence electrons. The fraction of sp³-hybridized carbons (Fsp3) is 0. The van der Waals surface area contributed by atoms with Crippen LogP contribution in [0.5, 0.6) is 5.75 Å². The molecule has 1 rings (SSSR count). The second-order valence-corrected chi connectivity index (χ2v) is 3.00. The Kier molecular flexibility index (Phi) is 3.73. The van der Waals surface area contributed by atoms with Crippen molar-refractivity contribution in [3.05, 3.63) is 40.0 Å². The number of hydrogen-bond acceptors (Lipinski definition) is 1. The van der Waals surface area contributed by atoms with Crippen molar-refractivity contribution in [2.24, 2.45) is 0 Å². The molecule has 1 nitrogen and oxygen atoms in total. The number of rotatable bonds is 2. The van der Waals surface area contributed by atoms with Gasteiger partial charge in [0.1, 0.15) is 5.75 Å². The maximum absolute atomic E-state index is 5.65. The Morgan fingerprint density at radius 3 is 2.33 bits per heavy atom. The molecule has 0 fully saturated rings. The molecule has 0 aromatic heterocycles. The molecule has 1 aromatic carbocycles. The van der Waals surface area contributed by atoms with Gasteiger partial charge in [0.25, 0.3) is 0 Å². The third-order valence-electron chi connectivity index (χ3n) is 1.11. The second kappa shape index (κ2) is 4.61. The normalized spacial score (nSPS) is 11.4. The topological polar surface area (TPSA) is 9.23 Å². The highest BCUT2D eigenvalue weighted by Gasteiger charge is 1.95. The van der Waals surface area contributed by atoms with Gasteiger partial charge in [0.15, 0.2) is 0 Å². The van der Waals surface area contributed by atoms with Crippen LogP contribution in [0, 0.1) is 0 Å². The lowest BCUT2D eigenvalue weighted by molar-refractivity contribution is 0.464. The summed E-state index contributed by atoms with van der Waals surface area (Å²) in [4.78, 5) is 0. The van der Waals surface area contributed by atoms with Crippen LogP contribution >= 0.6 is 34.8 Å². The highest BCUT2D eigenvalue weighted by Crippen LogP contribution is 2.19. The Balaban J connectivity index is 2.71. The standard InChI is InChI=1S/C8H5Cl3O/c9-5-8(11)12-7-3-1-6(10)2-4-7/h1-5H/b8-5+. The molecule has 0 atom stereocenters. The molecular weight excluding hydrogens is 218 g/mol. The van der Waals surface area contributed by atoms with Crippen molar-refractivity contribution < 1.29 is 4.74 Å². The van der Waals surface area contributed by atoms with E-state index in [0.717, 1.165) is 5.54 Å². The summed E-state index contributed by atoms with van der Waals surface area (Å²) in [7, 11) is 0. The predicted octanol–water partition coefficient (Wildman–Crippen LogP) is 4.00. The van der Waals surface area contributed by atoms with Gasteiger partial charge < -0.3 is 4.74 Å². The Bertz CT molecular complexity index is 279. The lowest BCUT2D eigenvalue weighted by atomic mass is 10.3. The van der Waals surface area contributed by atoms with Gasteiger partial charge in [0.05, 0.1) is 5.54 Å². The van der Waals surface area contributed by atoms with Crippen molar-refractivity contribution in [3.8, 4) is 5.75 Å². The summed E-state index contributed by atoms with van der Waals surface area (Å²) in [6.45, 7) is 0. The SMILES string of the molecule is Cl/C=C(\Cl)Oc1ccc(Cl)cc1. The fourth-order valence-corrected chi connectivity index (χ4v) is 0.897. The van der Waals surface area contributed by atoms with Crippen LogP contribution in [-0.2, 0) is 0 Å². The molecule has 0 N–H and O–H groups in total. The Morgan fingerprint density at radius 1 is 1.25 bits per heavy atom. The average Bonchev–Trinajstić information content (AvgIpc) is 2.09. The van der Waals surface area contributed by atoms with Crippen molar-refractivity contribution >= 4 is 34.8 Å². The Labute approximate surface area is 85.5 Å². The van der Waals surface area contributed by atoms with Gasteiger partial charge in [-0.25, -0.2) is 0 Å². The lowest BCUT2D eigenvalue weighted by Gasteiger charge is -2.01. The minimum absolute atomic E-state index is 0.124. The fourth-order valence-electron chi connectivity index (χ4n) is 0.637. The lowest BCUT2D eigenvalue weighted by Crippen LogP contribution is -1.85. The summed E-state index contributed by atoms with van der Waals surface area (Å²) < 4.78 is 5.05. The Hall–Kier alpha value is -0.370. The molecule has 0 saturated carbocycles. The van der Waals surface area contributed by atoms with Crippen LogP contribution in [0.2, 0.25) is 5.02 Å². The van der Waals surface area contributed by atoms with Crippen molar-refractivity contribution in [3.63, 3.8) is 0 Å². The first-order valence-corrected chi connectivity index (χ1v) is 4.31. The number of ether oxygens (including phenoxy) is 1. The molecule has 0 bridgehead atoms. The summed E-state index contributed by atoms with van der Waals surface area (Å²) in [6.07, 6.45) is 0. The van der Waals surface area contributed by atoms with Crippen LogP contribution < -0.4 is 4.74 Å². The van der Waals surface area contributed by atoms with Crippen molar-refractivity contribution in [2.45, 2.75) is 0 Å². The molecule has 12 heavy (non-hydrogen) atoms. The molecule has 0 aliphatic rings. The van der Waals surface area contributed by atoms with Gasteiger partial charge in [-0.05, 0) is 35.9 Å². The molecule has 0 aliphatic carbocycles. The van der Waals surface area contributed by atoms with Gasteiger partial charge in [0, 0.05) is 5.02 Å². The molecule has 0 saturated heterocycles. The summed E-state index contributed by atoms with van der Waals surface area (Å²) in [5.74, 6) is 0.598. The van der Waals surface area contributed by atoms with Crippen LogP contribution in [0.3, 0.4) is 0 Å². The smallest absolute Gasteiger partial charge is 0.205 e. The van der Waals surface area contributed by atoms with E-state index in [-0.39, 0.29) is 5.22 Å². The third kappa shape index (κ3) is 2.94. The van der Waals surface area contributed by atoms with E-state index in [1.54, 1.807) is 24.3 Å². The molecule has 0 amide bonds. The first-order chi connectivity index (χ1) is 5.72. The minimum atomic E-state index is 0.124. The van der Waals surface area contributed by atoms with E-state index in [2.05, 4.69) is 0 Å². The third-order valence-corrected chi connectivity index (χ3v) is 1.86. The van der Waals surface area contributed by atoms with Crippen molar-refractivity contribution in [2.75, 3.05) is 0 Å². The number of hydrogen-bond donors (Lipinski definition) is 0. The molecule has 0 unspecified atom stereocenters. The largest absolute Gasteiger partial charge is 0.444 e. The number of benzene rings is 1. The van der Waals surface area contributed by atoms with Crippen LogP contribution in [0.1, 0.15) is 0 Å². The van der Waals surface area contributed by atoms with Crippen LogP contribution in [-0.4, -0.2) is 0 Å². The monoisotopic (exact) mass is 222 g/mol. The van der Waals surface area contributed by atoms with Gasteiger partial charge in [-0.2, -0.15) is 0 Å². The summed E-state index contributed by atoms with van der Waals surface area (Å²) in [5.41, 5.74) is 1.15. The molecule has 0 aliphatic heterocycles. The van der Waals surface area contributed by atoms with Crippen LogP contribution in [0.15, 0.2) is 35.0 Å². The molecule has 0 radical (unpaired) electrons. The first kappa shape index (κ1) is 9.72. The van der Waals surface area contributed by atoms with Crippen molar-refractivity contribution in [1.82, 2.24) is 0 Å². The summed E-state index contributed by atoms with van der Waals surface area (Å²) >= 11 is 16.5. The van der Waals surface area contributed by atoms with Gasteiger partial charge >= 0.3 is 0 Å². The molecule has 0 heterocycles. The summed E-state index contributed by atoms with van der Waals surface area (Å²) in [6, 6.07) is 6.81. The van der Waals surface area contributed by atoms with Gasteiger partial charge in [-0.1, -0.05) is 23.2 Å². The summed E-state index contributed by atoms with van der Waals surface area (Å²) in [5, 5.41) is 0.771. The van der Waals surface area contributed by atoms with E-state index >= 15 is 0 Å². The van der Waals surface area contributed by atoms with E-state index in [0.29, 0.717) is 10.8 Å². The van der Waals surface area contributed by atoms with E-state index in [9.17, 15) is 0 Å². The maximum Gasteiger partial charge on any atom is 0.205 e. The maximum atomic E-state index is 5.65. The van der Waals surface area contributed by atoms with E-state index in [1.807, 2.05) is 0 Å². The zero-order valence-electron chi connectivity index (χ0n) is 5.93. The van der Waals surface area contributed by atoms with Gasteiger partial charge in [-0.3, -0.25) is 0 Å². The molecule has 0 spiro atoms. The van der Waals surface area contributed by atoms with E-state index in [1.165, 1.54) is 0 Å². The quantitative estimate of drug-likeness (QED) is 0.689.